The molecule has 0 saturated heterocycles. The molecule has 16 heavy (non-hydrogen) atoms. The van der Waals surface area contributed by atoms with Gasteiger partial charge in [0.1, 0.15) is 0 Å². The number of aromatic nitrogens is 1. The Labute approximate surface area is 106 Å². The Balaban J connectivity index is 2.70. The van der Waals surface area contributed by atoms with Crippen LogP contribution in [-0.2, 0) is 6.42 Å². The highest BCUT2D eigenvalue weighted by Gasteiger charge is 2.25. The van der Waals surface area contributed by atoms with Gasteiger partial charge in [-0.25, -0.2) is 0 Å². The van der Waals surface area contributed by atoms with E-state index in [1.807, 2.05) is 12.1 Å². The maximum atomic E-state index is 10.5. The second-order valence-electron chi connectivity index (χ2n) is 4.37. The minimum absolute atomic E-state index is 0.579. The highest BCUT2D eigenvalue weighted by atomic mass is 79.9. The van der Waals surface area contributed by atoms with Gasteiger partial charge in [-0.2, -0.15) is 0 Å². The van der Waals surface area contributed by atoms with Gasteiger partial charge in [0.15, 0.2) is 0 Å². The van der Waals surface area contributed by atoms with E-state index in [1.54, 1.807) is 6.20 Å². The molecule has 0 aliphatic carbocycles. The summed E-state index contributed by atoms with van der Waals surface area (Å²) in [6.07, 6.45) is 6.15. The third-order valence-corrected chi connectivity index (χ3v) is 3.20. The predicted molar refractivity (Wildman–Crippen MR) is 70.4 cm³/mol. The SMILES string of the molecule is CCCC(O)(CCC)Cc1ccc(Br)cn1. The van der Waals surface area contributed by atoms with Crippen molar-refractivity contribution in [1.29, 1.82) is 0 Å². The van der Waals surface area contributed by atoms with Crippen LogP contribution in [-0.4, -0.2) is 15.7 Å². The van der Waals surface area contributed by atoms with E-state index in [0.29, 0.717) is 6.42 Å². The first kappa shape index (κ1) is 13.7. The average Bonchev–Trinajstić information content (AvgIpc) is 2.22. The van der Waals surface area contributed by atoms with E-state index in [1.165, 1.54) is 0 Å². The Bertz CT molecular complexity index is 304. The van der Waals surface area contributed by atoms with Gasteiger partial charge in [-0.3, -0.25) is 4.98 Å². The van der Waals surface area contributed by atoms with Gasteiger partial charge in [0.05, 0.1) is 5.60 Å². The third-order valence-electron chi connectivity index (χ3n) is 2.73. The zero-order valence-electron chi connectivity index (χ0n) is 10.0. The summed E-state index contributed by atoms with van der Waals surface area (Å²) in [6, 6.07) is 3.95. The molecule has 0 spiro atoms. The van der Waals surface area contributed by atoms with Crippen LogP contribution in [0.4, 0.5) is 0 Å². The fraction of sp³-hybridized carbons (Fsp3) is 0.615. The normalized spacial score (nSPS) is 11.8. The summed E-state index contributed by atoms with van der Waals surface area (Å²) in [5.74, 6) is 0. The molecule has 0 fully saturated rings. The number of nitrogens with zero attached hydrogens (tertiary/aromatic N) is 1. The Hall–Kier alpha value is -0.410. The van der Waals surface area contributed by atoms with Crippen molar-refractivity contribution in [3.05, 3.63) is 28.5 Å². The van der Waals surface area contributed by atoms with Crippen LogP contribution < -0.4 is 0 Å². The minimum atomic E-state index is -0.579. The van der Waals surface area contributed by atoms with Crippen LogP contribution in [0.25, 0.3) is 0 Å². The molecule has 1 heterocycles. The second-order valence-corrected chi connectivity index (χ2v) is 5.28. The molecule has 0 radical (unpaired) electrons. The summed E-state index contributed by atoms with van der Waals surface area (Å²) >= 11 is 3.36. The van der Waals surface area contributed by atoms with Gasteiger partial charge in [-0.15, -0.1) is 0 Å². The molecule has 1 aromatic heterocycles. The van der Waals surface area contributed by atoms with E-state index < -0.39 is 5.60 Å². The fourth-order valence-corrected chi connectivity index (χ4v) is 2.32. The highest BCUT2D eigenvalue weighted by molar-refractivity contribution is 9.10. The zero-order valence-corrected chi connectivity index (χ0v) is 11.6. The molecule has 3 heteroatoms. The van der Waals surface area contributed by atoms with Crippen molar-refractivity contribution < 1.29 is 5.11 Å². The fourth-order valence-electron chi connectivity index (χ4n) is 2.08. The molecule has 1 N–H and O–H groups in total. The smallest absolute Gasteiger partial charge is 0.0702 e. The van der Waals surface area contributed by atoms with E-state index in [0.717, 1.165) is 35.8 Å². The highest BCUT2D eigenvalue weighted by Crippen LogP contribution is 2.24. The summed E-state index contributed by atoms with van der Waals surface area (Å²) in [5.41, 5.74) is 0.386. The lowest BCUT2D eigenvalue weighted by Crippen LogP contribution is -2.31. The van der Waals surface area contributed by atoms with Gasteiger partial charge in [0, 0.05) is 22.8 Å². The molecule has 0 unspecified atom stereocenters. The van der Waals surface area contributed by atoms with Crippen LogP contribution in [0.5, 0.6) is 0 Å². The van der Waals surface area contributed by atoms with Crippen LogP contribution >= 0.6 is 15.9 Å². The number of pyridine rings is 1. The molecular weight excluding hydrogens is 266 g/mol. The van der Waals surface area contributed by atoms with E-state index in [-0.39, 0.29) is 0 Å². The number of rotatable bonds is 6. The van der Waals surface area contributed by atoms with Crippen molar-refractivity contribution >= 4 is 15.9 Å². The van der Waals surface area contributed by atoms with Crippen molar-refractivity contribution in [2.75, 3.05) is 0 Å². The van der Waals surface area contributed by atoms with Gasteiger partial charge in [-0.05, 0) is 40.9 Å². The first-order valence-corrected chi connectivity index (χ1v) is 6.72. The molecule has 0 aliphatic rings. The summed E-state index contributed by atoms with van der Waals surface area (Å²) in [7, 11) is 0. The van der Waals surface area contributed by atoms with Crippen LogP contribution in [0.15, 0.2) is 22.8 Å². The van der Waals surface area contributed by atoms with Crippen molar-refractivity contribution in [1.82, 2.24) is 4.98 Å². The van der Waals surface area contributed by atoms with E-state index >= 15 is 0 Å². The molecule has 1 aromatic rings. The van der Waals surface area contributed by atoms with Gasteiger partial charge in [0.25, 0.3) is 0 Å². The second kappa shape index (κ2) is 6.36. The first-order chi connectivity index (χ1) is 7.59. The van der Waals surface area contributed by atoms with Gasteiger partial charge in [0.2, 0.25) is 0 Å². The van der Waals surface area contributed by atoms with Crippen molar-refractivity contribution in [2.45, 2.75) is 51.6 Å². The summed E-state index contributed by atoms with van der Waals surface area (Å²) in [5, 5.41) is 10.5. The number of aliphatic hydroxyl groups is 1. The third kappa shape index (κ3) is 4.22. The monoisotopic (exact) mass is 285 g/mol. The Morgan fingerprint density at radius 3 is 2.31 bits per heavy atom. The molecule has 0 saturated carbocycles. The van der Waals surface area contributed by atoms with E-state index in [9.17, 15) is 5.11 Å². The van der Waals surface area contributed by atoms with Gasteiger partial charge >= 0.3 is 0 Å². The molecule has 0 aliphatic heterocycles. The Morgan fingerprint density at radius 2 is 1.88 bits per heavy atom. The van der Waals surface area contributed by atoms with Crippen LogP contribution in [0.1, 0.15) is 45.2 Å². The number of hydrogen-bond acceptors (Lipinski definition) is 2. The molecule has 2 nitrogen and oxygen atoms in total. The maximum Gasteiger partial charge on any atom is 0.0702 e. The lowest BCUT2D eigenvalue weighted by molar-refractivity contribution is 0.0207. The van der Waals surface area contributed by atoms with Crippen LogP contribution in [0.3, 0.4) is 0 Å². The van der Waals surface area contributed by atoms with E-state index in [4.69, 9.17) is 0 Å². The lowest BCUT2D eigenvalue weighted by Gasteiger charge is -2.27. The molecule has 0 amide bonds. The van der Waals surface area contributed by atoms with Gasteiger partial charge in [-0.1, -0.05) is 26.7 Å². The Kier molecular flexibility index (Phi) is 5.42. The number of hydrogen-bond donors (Lipinski definition) is 1. The largest absolute Gasteiger partial charge is 0.389 e. The summed E-state index contributed by atoms with van der Waals surface area (Å²) < 4.78 is 0.978. The quantitative estimate of drug-likeness (QED) is 0.864. The molecule has 1 rings (SSSR count). The zero-order chi connectivity index (χ0) is 12.0. The summed E-state index contributed by atoms with van der Waals surface area (Å²) in [6.45, 7) is 4.21. The Morgan fingerprint density at radius 1 is 1.25 bits per heavy atom. The minimum Gasteiger partial charge on any atom is -0.389 e. The molecule has 0 bridgehead atoms. The van der Waals surface area contributed by atoms with Crippen LogP contribution in [0, 0.1) is 0 Å². The van der Waals surface area contributed by atoms with Crippen LogP contribution in [0.2, 0.25) is 0 Å². The molecule has 0 atom stereocenters. The lowest BCUT2D eigenvalue weighted by atomic mass is 9.88. The average molecular weight is 286 g/mol. The molecular formula is C13H20BrNO. The summed E-state index contributed by atoms with van der Waals surface area (Å²) in [4.78, 5) is 4.32. The number of halogens is 1. The van der Waals surface area contributed by atoms with Crippen molar-refractivity contribution in [3.63, 3.8) is 0 Å². The van der Waals surface area contributed by atoms with Gasteiger partial charge < -0.3 is 5.11 Å². The molecule has 90 valence electrons. The van der Waals surface area contributed by atoms with E-state index in [2.05, 4.69) is 34.8 Å². The standard InChI is InChI=1S/C13H20BrNO/c1-3-7-13(16,8-4-2)9-12-6-5-11(14)10-15-12/h5-6,10,16H,3-4,7-9H2,1-2H3. The predicted octanol–water partition coefficient (Wildman–Crippen LogP) is 3.72. The maximum absolute atomic E-state index is 10.5. The van der Waals surface area contributed by atoms with Crippen molar-refractivity contribution in [3.8, 4) is 0 Å². The first-order valence-electron chi connectivity index (χ1n) is 5.92. The molecule has 0 aromatic carbocycles. The topological polar surface area (TPSA) is 33.1 Å². The van der Waals surface area contributed by atoms with Crippen molar-refractivity contribution in [2.24, 2.45) is 0 Å².